The summed E-state index contributed by atoms with van der Waals surface area (Å²) in [5.41, 5.74) is 0.536. The number of rotatable bonds is 4. The molecule has 0 bridgehead atoms. The molecule has 9 atom stereocenters. The van der Waals surface area contributed by atoms with Crippen LogP contribution in [0.25, 0.3) is 0 Å². The van der Waals surface area contributed by atoms with Crippen LogP contribution in [0.15, 0.2) is 11.6 Å². The zero-order valence-corrected chi connectivity index (χ0v) is 14.1. The SMILES string of the molecule is CC1=CC(O[C@@H]2O[C@H](CO)[C@@H](O)[C@H](O)[C@H]2O)[C@H](C(C)C)[C@@H](O)[C@H]1O. The molecule has 1 fully saturated rings. The molecule has 0 aromatic heterocycles. The molecule has 0 aromatic rings. The van der Waals surface area contributed by atoms with Gasteiger partial charge in [-0.05, 0) is 18.4 Å². The van der Waals surface area contributed by atoms with E-state index in [0.717, 1.165) is 0 Å². The van der Waals surface area contributed by atoms with Gasteiger partial charge in [0.15, 0.2) is 6.29 Å². The third-order valence-electron chi connectivity index (χ3n) is 4.90. The Morgan fingerprint density at radius 3 is 2.21 bits per heavy atom. The van der Waals surface area contributed by atoms with Gasteiger partial charge >= 0.3 is 0 Å². The number of hydrogen-bond acceptors (Lipinski definition) is 8. The van der Waals surface area contributed by atoms with E-state index in [1.165, 1.54) is 0 Å². The van der Waals surface area contributed by atoms with Crippen molar-refractivity contribution in [2.24, 2.45) is 11.8 Å². The number of aliphatic hydroxyl groups excluding tert-OH is 6. The van der Waals surface area contributed by atoms with Crippen molar-refractivity contribution >= 4 is 0 Å². The minimum atomic E-state index is -1.53. The van der Waals surface area contributed by atoms with Gasteiger partial charge in [-0.25, -0.2) is 0 Å². The second-order valence-corrected chi connectivity index (χ2v) is 6.97. The average Bonchev–Trinajstić information content (AvgIpc) is 2.52. The highest BCUT2D eigenvalue weighted by molar-refractivity contribution is 5.17. The van der Waals surface area contributed by atoms with Crippen LogP contribution < -0.4 is 0 Å². The Bertz CT molecular complexity index is 451. The van der Waals surface area contributed by atoms with Gasteiger partial charge in [0, 0.05) is 5.92 Å². The predicted molar refractivity (Wildman–Crippen MR) is 82.7 cm³/mol. The topological polar surface area (TPSA) is 140 Å². The third kappa shape index (κ3) is 3.66. The molecule has 6 N–H and O–H groups in total. The van der Waals surface area contributed by atoms with Crippen LogP contribution >= 0.6 is 0 Å². The second kappa shape index (κ2) is 7.76. The number of aliphatic hydroxyl groups is 6. The summed E-state index contributed by atoms with van der Waals surface area (Å²) in [6, 6.07) is 0. The molecule has 1 saturated heterocycles. The lowest BCUT2D eigenvalue weighted by Crippen LogP contribution is -2.60. The van der Waals surface area contributed by atoms with Gasteiger partial charge in [0.1, 0.15) is 30.5 Å². The van der Waals surface area contributed by atoms with Crippen molar-refractivity contribution in [3.8, 4) is 0 Å². The first-order valence-corrected chi connectivity index (χ1v) is 8.19. The van der Waals surface area contributed by atoms with E-state index in [-0.39, 0.29) is 5.92 Å². The lowest BCUT2D eigenvalue weighted by Gasteiger charge is -2.44. The molecular weight excluding hydrogens is 320 g/mol. The maximum atomic E-state index is 10.3. The zero-order chi connectivity index (χ0) is 18.2. The molecule has 0 aromatic carbocycles. The molecule has 1 unspecified atom stereocenters. The van der Waals surface area contributed by atoms with Crippen LogP contribution in [-0.4, -0.2) is 86.3 Å². The summed E-state index contributed by atoms with van der Waals surface area (Å²) in [5, 5.41) is 59.3. The molecule has 2 rings (SSSR count). The summed E-state index contributed by atoms with van der Waals surface area (Å²) in [5.74, 6) is -0.482. The molecule has 2 aliphatic rings. The van der Waals surface area contributed by atoms with E-state index in [1.54, 1.807) is 13.0 Å². The third-order valence-corrected chi connectivity index (χ3v) is 4.90. The molecule has 1 aliphatic heterocycles. The van der Waals surface area contributed by atoms with Crippen molar-refractivity contribution in [3.05, 3.63) is 11.6 Å². The first-order chi connectivity index (χ1) is 11.2. The van der Waals surface area contributed by atoms with Crippen LogP contribution in [0.5, 0.6) is 0 Å². The van der Waals surface area contributed by atoms with Crippen molar-refractivity contribution in [2.75, 3.05) is 6.61 Å². The summed E-state index contributed by atoms with van der Waals surface area (Å²) in [4.78, 5) is 0. The Labute approximate surface area is 141 Å². The number of hydrogen-bond donors (Lipinski definition) is 6. The fourth-order valence-corrected chi connectivity index (χ4v) is 3.38. The van der Waals surface area contributed by atoms with E-state index in [1.807, 2.05) is 13.8 Å². The van der Waals surface area contributed by atoms with Crippen LogP contribution in [0.2, 0.25) is 0 Å². The minimum absolute atomic E-state index is 0.0334. The smallest absolute Gasteiger partial charge is 0.187 e. The zero-order valence-electron chi connectivity index (χ0n) is 14.1. The van der Waals surface area contributed by atoms with Crippen molar-refractivity contribution in [3.63, 3.8) is 0 Å². The Balaban J connectivity index is 2.20. The maximum Gasteiger partial charge on any atom is 0.187 e. The monoisotopic (exact) mass is 348 g/mol. The van der Waals surface area contributed by atoms with E-state index in [0.29, 0.717) is 5.57 Å². The van der Waals surface area contributed by atoms with E-state index >= 15 is 0 Å². The highest BCUT2D eigenvalue weighted by Crippen LogP contribution is 2.34. The lowest BCUT2D eigenvalue weighted by molar-refractivity contribution is -0.314. The Morgan fingerprint density at radius 1 is 1.04 bits per heavy atom. The standard InChI is InChI=1S/C16H28O8/c1-6(2)10-8(4-7(3)11(18)13(10)20)23-16-15(22)14(21)12(19)9(5-17)24-16/h4,6,8-22H,5H2,1-3H3/t8?,9-,10+,11+,12-,13-,14+,15-,16-/m1/s1. The van der Waals surface area contributed by atoms with Crippen molar-refractivity contribution in [1.29, 1.82) is 0 Å². The first-order valence-electron chi connectivity index (χ1n) is 8.19. The Hall–Kier alpha value is -0.580. The Morgan fingerprint density at radius 2 is 1.67 bits per heavy atom. The normalized spacial score (nSPS) is 46.9. The van der Waals surface area contributed by atoms with Crippen LogP contribution in [0, 0.1) is 11.8 Å². The summed E-state index contributed by atoms with van der Waals surface area (Å²) in [7, 11) is 0. The molecule has 8 heteroatoms. The maximum absolute atomic E-state index is 10.3. The molecule has 1 heterocycles. The highest BCUT2D eigenvalue weighted by atomic mass is 16.7. The van der Waals surface area contributed by atoms with Crippen LogP contribution in [0.4, 0.5) is 0 Å². The molecule has 0 saturated carbocycles. The van der Waals surface area contributed by atoms with E-state index < -0.39 is 61.5 Å². The molecule has 24 heavy (non-hydrogen) atoms. The van der Waals surface area contributed by atoms with Gasteiger partial charge < -0.3 is 40.1 Å². The molecule has 140 valence electrons. The highest BCUT2D eigenvalue weighted by Gasteiger charge is 2.47. The number of ether oxygens (including phenoxy) is 2. The van der Waals surface area contributed by atoms with Gasteiger partial charge in [-0.2, -0.15) is 0 Å². The minimum Gasteiger partial charge on any atom is -0.394 e. The van der Waals surface area contributed by atoms with Gasteiger partial charge in [-0.15, -0.1) is 0 Å². The first kappa shape index (κ1) is 19.7. The summed E-state index contributed by atoms with van der Waals surface area (Å²) < 4.78 is 11.1. The fourth-order valence-electron chi connectivity index (χ4n) is 3.38. The molecular formula is C16H28O8. The summed E-state index contributed by atoms with van der Waals surface area (Å²) >= 11 is 0. The van der Waals surface area contributed by atoms with E-state index in [4.69, 9.17) is 9.47 Å². The van der Waals surface area contributed by atoms with Crippen molar-refractivity contribution in [1.82, 2.24) is 0 Å². The predicted octanol–water partition coefficient (Wildman–Crippen LogP) is -1.87. The molecule has 0 spiro atoms. The lowest BCUT2D eigenvalue weighted by atomic mass is 9.77. The van der Waals surface area contributed by atoms with Gasteiger partial charge in [0.2, 0.25) is 0 Å². The van der Waals surface area contributed by atoms with Crippen molar-refractivity contribution in [2.45, 2.75) is 69.8 Å². The van der Waals surface area contributed by atoms with Gasteiger partial charge in [0.05, 0.1) is 18.8 Å². The van der Waals surface area contributed by atoms with Crippen molar-refractivity contribution < 1.29 is 40.1 Å². The van der Waals surface area contributed by atoms with Gasteiger partial charge in [-0.1, -0.05) is 19.9 Å². The Kier molecular flexibility index (Phi) is 6.38. The summed E-state index contributed by atoms with van der Waals surface area (Å²) in [6.45, 7) is 4.87. The summed E-state index contributed by atoms with van der Waals surface area (Å²) in [6.07, 6.45) is -7.86. The quantitative estimate of drug-likeness (QED) is 0.325. The molecule has 1 aliphatic carbocycles. The van der Waals surface area contributed by atoms with Gasteiger partial charge in [-0.3, -0.25) is 0 Å². The fraction of sp³-hybridized carbons (Fsp3) is 0.875. The molecule has 0 amide bonds. The van der Waals surface area contributed by atoms with E-state index in [9.17, 15) is 30.6 Å². The van der Waals surface area contributed by atoms with Crippen LogP contribution in [0.3, 0.4) is 0 Å². The van der Waals surface area contributed by atoms with E-state index in [2.05, 4.69) is 0 Å². The van der Waals surface area contributed by atoms with Gasteiger partial charge in [0.25, 0.3) is 0 Å². The second-order valence-electron chi connectivity index (χ2n) is 6.97. The molecule has 0 radical (unpaired) electrons. The van der Waals surface area contributed by atoms with Crippen LogP contribution in [0.1, 0.15) is 20.8 Å². The average molecular weight is 348 g/mol. The molecule has 8 nitrogen and oxygen atoms in total. The largest absolute Gasteiger partial charge is 0.394 e. The van der Waals surface area contributed by atoms with Crippen LogP contribution in [-0.2, 0) is 9.47 Å².